The molecule has 6 nitrogen and oxygen atoms in total. The molecule has 2 aliphatic carbocycles. The van der Waals surface area contributed by atoms with Crippen LogP contribution in [0.4, 0.5) is 5.69 Å². The van der Waals surface area contributed by atoms with E-state index in [2.05, 4.69) is 29.2 Å². The lowest BCUT2D eigenvalue weighted by Gasteiger charge is -2.37. The van der Waals surface area contributed by atoms with Crippen molar-refractivity contribution in [2.45, 2.75) is 57.3 Å². The lowest BCUT2D eigenvalue weighted by atomic mass is 9.86. The van der Waals surface area contributed by atoms with Crippen molar-refractivity contribution in [3.63, 3.8) is 0 Å². The van der Waals surface area contributed by atoms with Gasteiger partial charge in [-0.3, -0.25) is 15.0 Å². The Kier molecular flexibility index (Phi) is 4.53. The SMILES string of the molecule is O=[N+]([O-])c1cc2c(c(CN(C3CC3)C3CCCc4ccccc43)c1)OCOC2. The summed E-state index contributed by atoms with van der Waals surface area (Å²) in [4.78, 5) is 13.7. The molecular weight excluding hydrogens is 356 g/mol. The molecule has 0 N–H and O–H groups in total. The average Bonchev–Trinajstić information content (AvgIpc) is 3.56. The topological polar surface area (TPSA) is 64.8 Å². The predicted octanol–water partition coefficient (Wildman–Crippen LogP) is 4.50. The van der Waals surface area contributed by atoms with Gasteiger partial charge in [0.05, 0.1) is 11.5 Å². The fourth-order valence-electron chi connectivity index (χ4n) is 4.67. The summed E-state index contributed by atoms with van der Waals surface area (Å²) in [6.07, 6.45) is 5.84. The number of nitrogens with zero attached hydrogens (tertiary/aromatic N) is 2. The summed E-state index contributed by atoms with van der Waals surface area (Å²) in [6.45, 7) is 1.24. The molecule has 2 aromatic carbocycles. The molecule has 6 heteroatoms. The van der Waals surface area contributed by atoms with Crippen molar-refractivity contribution in [1.82, 2.24) is 4.90 Å². The first-order valence-corrected chi connectivity index (χ1v) is 10.0. The molecule has 1 atom stereocenters. The number of nitro groups is 1. The number of rotatable bonds is 5. The van der Waals surface area contributed by atoms with E-state index < -0.39 is 0 Å². The van der Waals surface area contributed by atoms with Crippen LogP contribution in [0.1, 0.15) is 54.0 Å². The Morgan fingerprint density at radius 2 is 2.00 bits per heavy atom. The molecule has 1 unspecified atom stereocenters. The van der Waals surface area contributed by atoms with Crippen molar-refractivity contribution in [3.8, 4) is 5.75 Å². The highest BCUT2D eigenvalue weighted by molar-refractivity contribution is 5.50. The molecule has 2 aromatic rings. The van der Waals surface area contributed by atoms with E-state index in [1.807, 2.05) is 0 Å². The minimum atomic E-state index is -0.324. The van der Waals surface area contributed by atoms with Gasteiger partial charge in [-0.15, -0.1) is 0 Å². The molecule has 1 saturated carbocycles. The van der Waals surface area contributed by atoms with Gasteiger partial charge >= 0.3 is 0 Å². The van der Waals surface area contributed by atoms with Crippen molar-refractivity contribution >= 4 is 5.69 Å². The molecule has 1 fully saturated rings. The quantitative estimate of drug-likeness (QED) is 0.564. The van der Waals surface area contributed by atoms with E-state index in [1.165, 1.54) is 30.4 Å². The number of ether oxygens (including phenoxy) is 2. The lowest BCUT2D eigenvalue weighted by Crippen LogP contribution is -2.33. The van der Waals surface area contributed by atoms with Crippen LogP contribution in [0.15, 0.2) is 36.4 Å². The summed E-state index contributed by atoms with van der Waals surface area (Å²) in [7, 11) is 0. The Hall–Kier alpha value is -2.44. The van der Waals surface area contributed by atoms with Crippen LogP contribution in [-0.2, 0) is 24.3 Å². The minimum absolute atomic E-state index is 0.114. The van der Waals surface area contributed by atoms with E-state index in [0.717, 1.165) is 29.7 Å². The van der Waals surface area contributed by atoms with Gasteiger partial charge in [0.25, 0.3) is 5.69 Å². The van der Waals surface area contributed by atoms with Crippen LogP contribution in [0.2, 0.25) is 0 Å². The third-order valence-electron chi connectivity index (χ3n) is 6.09. The van der Waals surface area contributed by atoms with E-state index in [1.54, 1.807) is 12.1 Å². The predicted molar refractivity (Wildman–Crippen MR) is 104 cm³/mol. The van der Waals surface area contributed by atoms with Crippen LogP contribution in [0.25, 0.3) is 0 Å². The van der Waals surface area contributed by atoms with Crippen molar-refractivity contribution in [2.24, 2.45) is 0 Å². The van der Waals surface area contributed by atoms with Gasteiger partial charge in [-0.2, -0.15) is 0 Å². The van der Waals surface area contributed by atoms with Gasteiger partial charge in [0.1, 0.15) is 5.75 Å². The number of fused-ring (bicyclic) bond motifs is 2. The summed E-state index contributed by atoms with van der Waals surface area (Å²) in [5.74, 6) is 0.770. The van der Waals surface area contributed by atoms with E-state index in [0.29, 0.717) is 25.2 Å². The van der Waals surface area contributed by atoms with E-state index in [4.69, 9.17) is 9.47 Å². The van der Waals surface area contributed by atoms with Crippen LogP contribution >= 0.6 is 0 Å². The number of hydrogen-bond donors (Lipinski definition) is 0. The Bertz CT molecular complexity index is 909. The van der Waals surface area contributed by atoms with Gasteiger partial charge in [-0.1, -0.05) is 24.3 Å². The Balaban J connectivity index is 1.52. The number of aryl methyl sites for hydroxylation is 1. The van der Waals surface area contributed by atoms with Gasteiger partial charge < -0.3 is 9.47 Å². The summed E-state index contributed by atoms with van der Waals surface area (Å²) in [5, 5.41) is 11.4. The molecule has 0 amide bonds. The fourth-order valence-corrected chi connectivity index (χ4v) is 4.67. The number of benzene rings is 2. The second-order valence-corrected chi connectivity index (χ2v) is 7.97. The number of non-ortho nitro benzene ring substituents is 1. The second-order valence-electron chi connectivity index (χ2n) is 7.97. The second kappa shape index (κ2) is 7.18. The molecule has 5 rings (SSSR count). The number of nitro benzene ring substituents is 1. The number of hydrogen-bond acceptors (Lipinski definition) is 5. The first-order chi connectivity index (χ1) is 13.7. The van der Waals surface area contributed by atoms with Crippen molar-refractivity contribution in [1.29, 1.82) is 0 Å². The normalized spacial score (nSPS) is 21.0. The molecule has 28 heavy (non-hydrogen) atoms. The summed E-state index contributed by atoms with van der Waals surface area (Å²) in [5.41, 5.74) is 4.65. The maximum atomic E-state index is 11.4. The van der Waals surface area contributed by atoms with Crippen LogP contribution in [0, 0.1) is 10.1 Å². The Morgan fingerprint density at radius 1 is 1.14 bits per heavy atom. The standard InChI is InChI=1S/C22H24N2O4/c25-24(26)19-10-16(22-17(11-19)13-27-14-28-22)12-23(18-8-9-18)21-7-3-5-15-4-1-2-6-20(15)21/h1-2,4,6,10-11,18,21H,3,5,7-9,12-14H2. The summed E-state index contributed by atoms with van der Waals surface area (Å²) in [6, 6.07) is 12.9. The van der Waals surface area contributed by atoms with Crippen LogP contribution in [0.3, 0.4) is 0 Å². The Labute approximate surface area is 164 Å². The minimum Gasteiger partial charge on any atom is -0.467 e. The molecule has 0 saturated heterocycles. The monoisotopic (exact) mass is 380 g/mol. The van der Waals surface area contributed by atoms with Crippen molar-refractivity contribution in [2.75, 3.05) is 6.79 Å². The van der Waals surface area contributed by atoms with Crippen molar-refractivity contribution < 1.29 is 14.4 Å². The van der Waals surface area contributed by atoms with Gasteiger partial charge in [-0.05, 0) is 43.2 Å². The zero-order valence-electron chi connectivity index (χ0n) is 15.8. The maximum absolute atomic E-state index is 11.4. The highest BCUT2D eigenvalue weighted by Gasteiger charge is 2.37. The third-order valence-corrected chi connectivity index (χ3v) is 6.09. The highest BCUT2D eigenvalue weighted by atomic mass is 16.7. The first kappa shape index (κ1) is 17.6. The molecule has 0 bridgehead atoms. The molecule has 0 radical (unpaired) electrons. The summed E-state index contributed by atoms with van der Waals surface area (Å²) < 4.78 is 11.1. The van der Waals surface area contributed by atoms with Gasteiger partial charge in [0.2, 0.25) is 0 Å². The molecule has 0 aromatic heterocycles. The van der Waals surface area contributed by atoms with Gasteiger partial charge in [0.15, 0.2) is 6.79 Å². The Morgan fingerprint density at radius 3 is 2.82 bits per heavy atom. The molecule has 0 spiro atoms. The maximum Gasteiger partial charge on any atom is 0.270 e. The van der Waals surface area contributed by atoms with E-state index >= 15 is 0 Å². The lowest BCUT2D eigenvalue weighted by molar-refractivity contribution is -0.385. The molecule has 1 heterocycles. The fraction of sp³-hybridized carbons (Fsp3) is 0.455. The molecule has 146 valence electrons. The van der Waals surface area contributed by atoms with Crippen LogP contribution in [-0.4, -0.2) is 22.7 Å². The third kappa shape index (κ3) is 3.27. The van der Waals surface area contributed by atoms with Gasteiger partial charge in [0, 0.05) is 41.9 Å². The van der Waals surface area contributed by atoms with Crippen LogP contribution in [0.5, 0.6) is 5.75 Å². The van der Waals surface area contributed by atoms with Crippen molar-refractivity contribution in [3.05, 3.63) is 68.8 Å². The molecule has 3 aliphatic rings. The zero-order valence-corrected chi connectivity index (χ0v) is 15.8. The largest absolute Gasteiger partial charge is 0.467 e. The summed E-state index contributed by atoms with van der Waals surface area (Å²) >= 11 is 0. The molecular formula is C22H24N2O4. The highest BCUT2D eigenvalue weighted by Crippen LogP contribution is 2.43. The van der Waals surface area contributed by atoms with Crippen LogP contribution < -0.4 is 4.74 Å². The van der Waals surface area contributed by atoms with E-state index in [-0.39, 0.29) is 17.4 Å². The zero-order chi connectivity index (χ0) is 19.1. The average molecular weight is 380 g/mol. The smallest absolute Gasteiger partial charge is 0.270 e. The first-order valence-electron chi connectivity index (χ1n) is 10.0. The molecule has 1 aliphatic heterocycles. The van der Waals surface area contributed by atoms with Gasteiger partial charge in [-0.25, -0.2) is 0 Å². The van der Waals surface area contributed by atoms with E-state index in [9.17, 15) is 10.1 Å².